The summed E-state index contributed by atoms with van der Waals surface area (Å²) in [6.45, 7) is 7.74. The van der Waals surface area contributed by atoms with Gasteiger partial charge in [-0.2, -0.15) is 0 Å². The number of aromatic nitrogens is 1. The first-order valence-corrected chi connectivity index (χ1v) is 11.8. The molecule has 1 N–H and O–H groups in total. The Morgan fingerprint density at radius 2 is 1.90 bits per heavy atom. The standard InChI is InChI=1S/C25H35N3O/c1-18-15-22-20-9-5-10-21(20)25(26-17-19-7-4-8-19)27-23(22)16-24(18)29-14-6-13-28-11-2-3-12-28/h15-16,19H,2-14,17H2,1H3,(H,26,27). The smallest absolute Gasteiger partial charge is 0.130 e. The second-order valence-corrected chi connectivity index (χ2v) is 9.33. The molecule has 2 fully saturated rings. The second kappa shape index (κ2) is 8.51. The van der Waals surface area contributed by atoms with E-state index < -0.39 is 0 Å². The zero-order valence-corrected chi connectivity index (χ0v) is 17.9. The van der Waals surface area contributed by atoms with Gasteiger partial charge >= 0.3 is 0 Å². The van der Waals surface area contributed by atoms with E-state index in [4.69, 9.17) is 9.72 Å². The molecule has 1 saturated carbocycles. The van der Waals surface area contributed by atoms with Crippen LogP contribution < -0.4 is 10.1 Å². The van der Waals surface area contributed by atoms with Gasteiger partial charge in [0.25, 0.3) is 0 Å². The molecular weight excluding hydrogens is 358 g/mol. The summed E-state index contributed by atoms with van der Waals surface area (Å²) in [5, 5.41) is 5.04. The van der Waals surface area contributed by atoms with E-state index in [1.165, 1.54) is 86.5 Å². The molecule has 29 heavy (non-hydrogen) atoms. The van der Waals surface area contributed by atoms with Crippen molar-refractivity contribution >= 4 is 16.7 Å². The third-order valence-corrected chi connectivity index (χ3v) is 7.21. The van der Waals surface area contributed by atoms with Gasteiger partial charge in [-0.3, -0.25) is 0 Å². The van der Waals surface area contributed by atoms with Crippen LogP contribution in [0.5, 0.6) is 5.75 Å². The fraction of sp³-hybridized carbons (Fsp3) is 0.640. The minimum Gasteiger partial charge on any atom is -0.493 e. The SMILES string of the molecule is Cc1cc2c3c(c(NCC4CCC4)nc2cc1OCCCN1CCCC1)CCC3. The van der Waals surface area contributed by atoms with Gasteiger partial charge in [0, 0.05) is 24.5 Å². The maximum Gasteiger partial charge on any atom is 0.130 e. The van der Waals surface area contributed by atoms with Crippen molar-refractivity contribution < 1.29 is 4.74 Å². The van der Waals surface area contributed by atoms with E-state index in [1.807, 2.05) is 0 Å². The third-order valence-electron chi connectivity index (χ3n) is 7.21. The summed E-state index contributed by atoms with van der Waals surface area (Å²) in [6, 6.07) is 4.51. The number of hydrogen-bond donors (Lipinski definition) is 1. The van der Waals surface area contributed by atoms with Crippen molar-refractivity contribution in [3.05, 3.63) is 28.8 Å². The maximum atomic E-state index is 6.20. The number of aryl methyl sites for hydroxylation is 2. The molecule has 0 spiro atoms. The molecule has 2 aliphatic carbocycles. The fourth-order valence-electron chi connectivity index (χ4n) is 5.22. The number of hydrogen-bond acceptors (Lipinski definition) is 4. The summed E-state index contributed by atoms with van der Waals surface area (Å²) in [5.74, 6) is 2.99. The van der Waals surface area contributed by atoms with Gasteiger partial charge in [-0.1, -0.05) is 6.42 Å². The summed E-state index contributed by atoms with van der Waals surface area (Å²) < 4.78 is 6.20. The quantitative estimate of drug-likeness (QED) is 0.633. The second-order valence-electron chi connectivity index (χ2n) is 9.33. The lowest BCUT2D eigenvalue weighted by atomic mass is 9.85. The summed E-state index contributed by atoms with van der Waals surface area (Å²) in [5.41, 5.74) is 5.33. The number of rotatable bonds is 8. The van der Waals surface area contributed by atoms with Crippen molar-refractivity contribution in [2.75, 3.05) is 38.1 Å². The van der Waals surface area contributed by atoms with Crippen LogP contribution in [0.1, 0.15) is 61.6 Å². The molecule has 5 rings (SSSR count). The predicted molar refractivity (Wildman–Crippen MR) is 120 cm³/mol. The Hall–Kier alpha value is -1.81. The average molecular weight is 394 g/mol. The Morgan fingerprint density at radius 3 is 2.69 bits per heavy atom. The van der Waals surface area contributed by atoms with Crippen molar-refractivity contribution in [3.63, 3.8) is 0 Å². The van der Waals surface area contributed by atoms with Crippen LogP contribution in [0.25, 0.3) is 10.9 Å². The highest BCUT2D eigenvalue weighted by Crippen LogP contribution is 2.37. The monoisotopic (exact) mass is 393 g/mol. The highest BCUT2D eigenvalue weighted by Gasteiger charge is 2.23. The van der Waals surface area contributed by atoms with Gasteiger partial charge in [0.05, 0.1) is 12.1 Å². The van der Waals surface area contributed by atoms with Crippen molar-refractivity contribution in [2.45, 2.75) is 64.7 Å². The van der Waals surface area contributed by atoms with Gasteiger partial charge in [0.2, 0.25) is 0 Å². The number of likely N-dealkylation sites (tertiary alicyclic amines) is 1. The Kier molecular flexibility index (Phi) is 5.63. The molecule has 4 nitrogen and oxygen atoms in total. The van der Waals surface area contributed by atoms with Crippen LogP contribution in [0.2, 0.25) is 0 Å². The summed E-state index contributed by atoms with van der Waals surface area (Å²) in [6.07, 6.45) is 11.6. The van der Waals surface area contributed by atoms with E-state index in [2.05, 4.69) is 29.3 Å². The first-order valence-electron chi connectivity index (χ1n) is 11.8. The van der Waals surface area contributed by atoms with Crippen LogP contribution in [0.4, 0.5) is 5.82 Å². The van der Waals surface area contributed by atoms with Crippen molar-refractivity contribution in [2.24, 2.45) is 5.92 Å². The van der Waals surface area contributed by atoms with E-state index in [-0.39, 0.29) is 0 Å². The molecule has 0 bridgehead atoms. The number of nitrogens with one attached hydrogen (secondary N) is 1. The molecule has 2 heterocycles. The van der Waals surface area contributed by atoms with E-state index in [0.717, 1.165) is 49.1 Å². The maximum absolute atomic E-state index is 6.20. The molecule has 1 aromatic carbocycles. The minimum atomic E-state index is 0.792. The molecule has 1 aromatic heterocycles. The summed E-state index contributed by atoms with van der Waals surface area (Å²) in [7, 11) is 0. The summed E-state index contributed by atoms with van der Waals surface area (Å²) in [4.78, 5) is 7.63. The van der Waals surface area contributed by atoms with E-state index in [9.17, 15) is 0 Å². The first kappa shape index (κ1) is 19.2. The van der Waals surface area contributed by atoms with Gasteiger partial charge in [0.1, 0.15) is 11.6 Å². The lowest BCUT2D eigenvalue weighted by molar-refractivity contribution is 0.262. The third kappa shape index (κ3) is 4.09. The van der Waals surface area contributed by atoms with Crippen LogP contribution in [-0.4, -0.2) is 42.7 Å². The summed E-state index contributed by atoms with van der Waals surface area (Å²) >= 11 is 0. The number of nitrogens with zero attached hydrogens (tertiary/aromatic N) is 2. The van der Waals surface area contributed by atoms with Gasteiger partial charge in [-0.05, 0) is 100 Å². The van der Waals surface area contributed by atoms with Crippen LogP contribution >= 0.6 is 0 Å². The number of fused-ring (bicyclic) bond motifs is 3. The average Bonchev–Trinajstić information content (AvgIpc) is 3.37. The zero-order valence-electron chi connectivity index (χ0n) is 17.9. The van der Waals surface area contributed by atoms with Gasteiger partial charge < -0.3 is 15.0 Å². The molecule has 1 saturated heterocycles. The molecule has 0 radical (unpaired) electrons. The number of pyridine rings is 1. The zero-order chi connectivity index (χ0) is 19.6. The molecule has 4 heteroatoms. The van der Waals surface area contributed by atoms with Crippen LogP contribution in [0.15, 0.2) is 12.1 Å². The predicted octanol–water partition coefficient (Wildman–Crippen LogP) is 5.11. The first-order chi connectivity index (χ1) is 14.3. The normalized spacial score (nSPS) is 19.5. The Morgan fingerprint density at radius 1 is 1.07 bits per heavy atom. The molecule has 0 unspecified atom stereocenters. The fourth-order valence-corrected chi connectivity index (χ4v) is 5.22. The molecule has 156 valence electrons. The number of benzene rings is 1. The molecule has 0 amide bonds. The largest absolute Gasteiger partial charge is 0.493 e. The van der Waals surface area contributed by atoms with E-state index in [0.29, 0.717) is 0 Å². The Balaban J connectivity index is 1.32. The molecule has 0 atom stereocenters. The number of ether oxygens (including phenoxy) is 1. The lowest BCUT2D eigenvalue weighted by Crippen LogP contribution is -2.22. The highest BCUT2D eigenvalue weighted by atomic mass is 16.5. The van der Waals surface area contributed by atoms with Crippen molar-refractivity contribution in [1.82, 2.24) is 9.88 Å². The molecule has 2 aromatic rings. The van der Waals surface area contributed by atoms with Crippen molar-refractivity contribution in [3.8, 4) is 5.75 Å². The van der Waals surface area contributed by atoms with Crippen LogP contribution in [-0.2, 0) is 12.8 Å². The Labute approximate surface area is 175 Å². The van der Waals surface area contributed by atoms with E-state index in [1.54, 1.807) is 0 Å². The van der Waals surface area contributed by atoms with Crippen LogP contribution in [0.3, 0.4) is 0 Å². The van der Waals surface area contributed by atoms with Crippen LogP contribution in [0, 0.1) is 12.8 Å². The highest BCUT2D eigenvalue weighted by molar-refractivity contribution is 5.88. The molecule has 1 aliphatic heterocycles. The number of anilines is 1. The molecular formula is C25H35N3O. The van der Waals surface area contributed by atoms with Crippen molar-refractivity contribution in [1.29, 1.82) is 0 Å². The Bertz CT molecular complexity index is 868. The van der Waals surface area contributed by atoms with E-state index >= 15 is 0 Å². The minimum absolute atomic E-state index is 0.792. The topological polar surface area (TPSA) is 37.4 Å². The molecule has 3 aliphatic rings. The van der Waals surface area contributed by atoms with Gasteiger partial charge in [-0.25, -0.2) is 4.98 Å². The lowest BCUT2D eigenvalue weighted by Gasteiger charge is -2.26. The van der Waals surface area contributed by atoms with Gasteiger partial charge in [0.15, 0.2) is 0 Å². The van der Waals surface area contributed by atoms with Gasteiger partial charge in [-0.15, -0.1) is 0 Å².